The molecule has 262 valence electrons. The Kier molecular flexibility index (Phi) is 13.2. The first-order chi connectivity index (χ1) is 24.2. The molecule has 0 aromatic heterocycles. The van der Waals surface area contributed by atoms with Gasteiger partial charge < -0.3 is 14.6 Å². The lowest BCUT2D eigenvalue weighted by atomic mass is 9.73. The van der Waals surface area contributed by atoms with Crippen molar-refractivity contribution >= 4 is 22.7 Å². The topological polar surface area (TPSA) is 72.8 Å². The van der Waals surface area contributed by atoms with Crippen LogP contribution in [0.2, 0.25) is 0 Å². The highest BCUT2D eigenvalue weighted by Crippen LogP contribution is 2.37. The highest BCUT2D eigenvalue weighted by molar-refractivity contribution is 5.91. The van der Waals surface area contributed by atoms with Gasteiger partial charge in [0.25, 0.3) is 0 Å². The second kappa shape index (κ2) is 18.0. The SMILES string of the molecule is C=C(C)C(=O)OCC(CCOC(=O)C(=C)CO)C1CCC(CCc2ccc(-c3ccc4cc(-c5ccc(CCC)cc5)ccc4c3)cc2)CC1. The van der Waals surface area contributed by atoms with Gasteiger partial charge in [-0.1, -0.05) is 112 Å². The van der Waals surface area contributed by atoms with Crippen LogP contribution in [0, 0.1) is 17.8 Å². The summed E-state index contributed by atoms with van der Waals surface area (Å²) >= 11 is 0. The zero-order valence-electron chi connectivity index (χ0n) is 29.8. The van der Waals surface area contributed by atoms with Crippen molar-refractivity contribution in [2.75, 3.05) is 19.8 Å². The van der Waals surface area contributed by atoms with E-state index in [2.05, 4.69) is 105 Å². The van der Waals surface area contributed by atoms with Crippen LogP contribution in [-0.2, 0) is 31.9 Å². The monoisotopic (exact) mass is 672 g/mol. The van der Waals surface area contributed by atoms with Gasteiger partial charge in [-0.05, 0) is 119 Å². The minimum atomic E-state index is -0.586. The van der Waals surface area contributed by atoms with Crippen molar-refractivity contribution < 1.29 is 24.2 Å². The fourth-order valence-electron chi connectivity index (χ4n) is 7.17. The van der Waals surface area contributed by atoms with Crippen LogP contribution in [0.5, 0.6) is 0 Å². The fraction of sp³-hybridized carbons (Fsp3) is 0.378. The minimum Gasteiger partial charge on any atom is -0.462 e. The van der Waals surface area contributed by atoms with Crippen molar-refractivity contribution in [2.45, 2.75) is 71.6 Å². The summed E-state index contributed by atoms with van der Waals surface area (Å²) in [5.41, 5.74) is 8.14. The first-order valence-electron chi connectivity index (χ1n) is 18.2. The lowest BCUT2D eigenvalue weighted by Gasteiger charge is -2.34. The summed E-state index contributed by atoms with van der Waals surface area (Å²) in [7, 11) is 0. The molecule has 0 bridgehead atoms. The molecule has 5 rings (SSSR count). The Bertz CT molecular complexity index is 1760. The zero-order chi connectivity index (χ0) is 35.5. The molecule has 50 heavy (non-hydrogen) atoms. The molecule has 1 saturated carbocycles. The molecule has 0 saturated heterocycles. The van der Waals surface area contributed by atoms with E-state index in [1.807, 2.05) is 0 Å². The van der Waals surface area contributed by atoms with Crippen LogP contribution in [0.4, 0.5) is 0 Å². The van der Waals surface area contributed by atoms with Crippen LogP contribution in [0.3, 0.4) is 0 Å². The van der Waals surface area contributed by atoms with E-state index >= 15 is 0 Å². The Morgan fingerprint density at radius 2 is 1.28 bits per heavy atom. The zero-order valence-corrected chi connectivity index (χ0v) is 29.8. The number of hydrogen-bond acceptors (Lipinski definition) is 5. The quantitative estimate of drug-likeness (QED) is 0.0948. The van der Waals surface area contributed by atoms with Gasteiger partial charge in [0, 0.05) is 5.57 Å². The summed E-state index contributed by atoms with van der Waals surface area (Å²) in [6, 6.07) is 31.5. The van der Waals surface area contributed by atoms with Crippen LogP contribution in [0.25, 0.3) is 33.0 Å². The summed E-state index contributed by atoms with van der Waals surface area (Å²) in [6.07, 6.45) is 9.49. The molecular weight excluding hydrogens is 620 g/mol. The molecule has 0 radical (unpaired) electrons. The summed E-state index contributed by atoms with van der Waals surface area (Å²) < 4.78 is 10.8. The summed E-state index contributed by atoms with van der Waals surface area (Å²) in [4.78, 5) is 24.0. The largest absolute Gasteiger partial charge is 0.462 e. The highest BCUT2D eigenvalue weighted by Gasteiger charge is 2.29. The molecule has 5 heteroatoms. The van der Waals surface area contributed by atoms with Crippen LogP contribution in [0.15, 0.2) is 109 Å². The second-order valence-corrected chi connectivity index (χ2v) is 14.1. The average molecular weight is 673 g/mol. The van der Waals surface area contributed by atoms with Crippen molar-refractivity contribution in [2.24, 2.45) is 17.8 Å². The standard InChI is InChI=1S/C45H52O5/c1-5-6-33-9-15-36(16-10-33)39-21-23-42-28-40(22-24-41(42)27-39)37-17-11-34(12-18-37)7-8-35-13-19-38(20-14-35)43(30-50-44(47)31(2)3)25-26-49-45(48)32(4)29-46/h9-12,15-18,21-24,27-28,35,38,43,46H,2,4-8,13-14,19-20,25-26,29-30H2,1,3H3. The molecule has 1 N–H and O–H groups in total. The molecule has 1 aliphatic rings. The van der Waals surface area contributed by atoms with Gasteiger partial charge in [-0.15, -0.1) is 0 Å². The fourth-order valence-corrected chi connectivity index (χ4v) is 7.17. The maximum absolute atomic E-state index is 12.1. The van der Waals surface area contributed by atoms with Gasteiger partial charge in [0.2, 0.25) is 0 Å². The number of fused-ring (bicyclic) bond motifs is 1. The van der Waals surface area contributed by atoms with Gasteiger partial charge in [0.05, 0.1) is 25.4 Å². The Hall–Kier alpha value is -4.48. The molecule has 4 aromatic rings. The Morgan fingerprint density at radius 1 is 0.740 bits per heavy atom. The van der Waals surface area contributed by atoms with Crippen molar-refractivity contribution in [3.63, 3.8) is 0 Å². The van der Waals surface area contributed by atoms with Gasteiger partial charge in [-0.25, -0.2) is 9.59 Å². The Balaban J connectivity index is 1.12. The summed E-state index contributed by atoms with van der Waals surface area (Å²) in [5.74, 6) is 0.183. The Morgan fingerprint density at radius 3 is 1.80 bits per heavy atom. The third-order valence-electron chi connectivity index (χ3n) is 10.3. The van der Waals surface area contributed by atoms with Crippen molar-refractivity contribution in [3.8, 4) is 22.3 Å². The lowest BCUT2D eigenvalue weighted by molar-refractivity contribution is -0.144. The summed E-state index contributed by atoms with van der Waals surface area (Å²) in [6.45, 7) is 11.1. The number of rotatable bonds is 16. The summed E-state index contributed by atoms with van der Waals surface area (Å²) in [5, 5.41) is 11.6. The predicted molar refractivity (Wildman–Crippen MR) is 204 cm³/mol. The first-order valence-corrected chi connectivity index (χ1v) is 18.2. The molecule has 1 atom stereocenters. The molecule has 1 fully saturated rings. The molecular formula is C45H52O5. The third-order valence-corrected chi connectivity index (χ3v) is 10.3. The number of esters is 2. The van der Waals surface area contributed by atoms with E-state index in [0.29, 0.717) is 23.8 Å². The van der Waals surface area contributed by atoms with Gasteiger partial charge in [-0.3, -0.25) is 0 Å². The minimum absolute atomic E-state index is 0.0393. The maximum atomic E-state index is 12.1. The number of hydrogen-bond donors (Lipinski definition) is 1. The average Bonchev–Trinajstić information content (AvgIpc) is 3.15. The van der Waals surface area contributed by atoms with Gasteiger partial charge in [0.1, 0.15) is 0 Å². The van der Waals surface area contributed by atoms with E-state index in [0.717, 1.165) is 51.4 Å². The van der Waals surface area contributed by atoms with Gasteiger partial charge in [0.15, 0.2) is 0 Å². The predicted octanol–water partition coefficient (Wildman–Crippen LogP) is 10.1. The number of carbonyl (C=O) groups is 2. The molecule has 1 unspecified atom stereocenters. The van der Waals surface area contributed by atoms with E-state index < -0.39 is 12.6 Å². The van der Waals surface area contributed by atoms with Crippen LogP contribution in [0.1, 0.15) is 69.9 Å². The van der Waals surface area contributed by atoms with Gasteiger partial charge >= 0.3 is 11.9 Å². The maximum Gasteiger partial charge on any atom is 0.335 e. The van der Waals surface area contributed by atoms with E-state index in [9.17, 15) is 9.59 Å². The lowest BCUT2D eigenvalue weighted by Crippen LogP contribution is -2.28. The highest BCUT2D eigenvalue weighted by atomic mass is 16.5. The van der Waals surface area contributed by atoms with Gasteiger partial charge in [-0.2, -0.15) is 0 Å². The third kappa shape index (κ3) is 10.0. The molecule has 0 aliphatic heterocycles. The van der Waals surface area contributed by atoms with E-state index in [4.69, 9.17) is 14.6 Å². The number of ether oxygens (including phenoxy) is 2. The number of aliphatic hydroxyl groups is 1. The van der Waals surface area contributed by atoms with Crippen LogP contribution >= 0.6 is 0 Å². The van der Waals surface area contributed by atoms with Crippen molar-refractivity contribution in [1.29, 1.82) is 0 Å². The smallest absolute Gasteiger partial charge is 0.335 e. The van der Waals surface area contributed by atoms with E-state index in [-0.39, 0.29) is 30.7 Å². The molecule has 1 aliphatic carbocycles. The normalized spacial score (nSPS) is 16.5. The molecule has 5 nitrogen and oxygen atoms in total. The van der Waals surface area contributed by atoms with E-state index in [1.165, 1.54) is 44.2 Å². The number of benzene rings is 4. The molecule has 0 spiro atoms. The Labute approximate surface area is 298 Å². The molecule has 0 heterocycles. The molecule has 4 aromatic carbocycles. The first kappa shape index (κ1) is 36.8. The second-order valence-electron chi connectivity index (χ2n) is 14.1. The van der Waals surface area contributed by atoms with Crippen molar-refractivity contribution in [1.82, 2.24) is 0 Å². The van der Waals surface area contributed by atoms with E-state index in [1.54, 1.807) is 6.92 Å². The number of aryl methyl sites for hydroxylation is 2. The number of carbonyl (C=O) groups excluding carboxylic acids is 2. The molecule has 0 amide bonds. The van der Waals surface area contributed by atoms with Crippen molar-refractivity contribution in [3.05, 3.63) is 120 Å². The number of aliphatic hydroxyl groups excluding tert-OH is 1. The van der Waals surface area contributed by atoms with Crippen LogP contribution in [-0.4, -0.2) is 36.9 Å². The van der Waals surface area contributed by atoms with Crippen LogP contribution < -0.4 is 0 Å².